The molecule has 4 rings (SSSR count). The summed E-state index contributed by atoms with van der Waals surface area (Å²) in [5, 5.41) is 5.68. The summed E-state index contributed by atoms with van der Waals surface area (Å²) in [6.07, 6.45) is 1.42. The largest absolute Gasteiger partial charge is 0.459 e. The van der Waals surface area contributed by atoms with Gasteiger partial charge in [0.25, 0.3) is 11.8 Å². The van der Waals surface area contributed by atoms with E-state index in [0.717, 1.165) is 11.4 Å². The molecular weight excluding hydrogens is 431 g/mol. The van der Waals surface area contributed by atoms with Crippen LogP contribution in [0.3, 0.4) is 0 Å². The molecule has 2 heterocycles. The van der Waals surface area contributed by atoms with E-state index in [9.17, 15) is 14.0 Å². The van der Waals surface area contributed by atoms with Crippen molar-refractivity contribution in [2.75, 3.05) is 36.4 Å². The number of piperazine rings is 1. The number of nitrogens with zero attached hydrogens (tertiary/aromatic N) is 2. The van der Waals surface area contributed by atoms with E-state index in [0.29, 0.717) is 26.2 Å². The van der Waals surface area contributed by atoms with Crippen LogP contribution in [0.5, 0.6) is 0 Å². The second kappa shape index (κ2) is 9.61. The number of nitrogens with one attached hydrogen (secondary N) is 2. The fourth-order valence-electron chi connectivity index (χ4n) is 3.46. The molecule has 0 radical (unpaired) electrons. The van der Waals surface area contributed by atoms with Crippen LogP contribution in [0.2, 0.25) is 0 Å². The number of hydrogen-bond acceptors (Lipinski definition) is 5. The van der Waals surface area contributed by atoms with Crippen molar-refractivity contribution < 1.29 is 18.4 Å². The standard InChI is InChI=1S/C23H21FN4O3S/c24-19-5-2-1-4-18(19)22(30)28-13-11-27(12-14-28)17-9-7-16(8-10-17)25-23(32)26-21(29)20-6-3-15-31-20/h1-10,15H,11-14H2,(H2,25,26,29,32). The van der Waals surface area contributed by atoms with Crippen LogP contribution in [0.4, 0.5) is 15.8 Å². The molecule has 3 aromatic rings. The molecule has 0 bridgehead atoms. The van der Waals surface area contributed by atoms with Crippen molar-refractivity contribution in [2.45, 2.75) is 0 Å². The second-order valence-electron chi connectivity index (χ2n) is 7.19. The molecule has 1 fully saturated rings. The Kier molecular flexibility index (Phi) is 6.46. The summed E-state index contributed by atoms with van der Waals surface area (Å²) >= 11 is 5.17. The molecule has 2 N–H and O–H groups in total. The maximum atomic E-state index is 13.9. The number of carbonyl (C=O) groups is 2. The number of benzene rings is 2. The Morgan fingerprint density at radius 1 is 0.938 bits per heavy atom. The number of hydrogen-bond donors (Lipinski definition) is 2. The molecule has 0 saturated carbocycles. The predicted octanol–water partition coefficient (Wildman–Crippen LogP) is 3.51. The molecule has 2 amide bonds. The van der Waals surface area contributed by atoms with Gasteiger partial charge in [-0.2, -0.15) is 0 Å². The molecule has 1 aromatic heterocycles. The minimum Gasteiger partial charge on any atom is -0.459 e. The molecule has 164 valence electrons. The van der Waals surface area contributed by atoms with Gasteiger partial charge in [-0.25, -0.2) is 4.39 Å². The number of thiocarbonyl (C=S) groups is 1. The minimum absolute atomic E-state index is 0.103. The highest BCUT2D eigenvalue weighted by molar-refractivity contribution is 7.80. The Balaban J connectivity index is 1.29. The third-order valence-electron chi connectivity index (χ3n) is 5.13. The molecule has 1 aliphatic rings. The normalized spacial score (nSPS) is 13.5. The Morgan fingerprint density at radius 3 is 2.31 bits per heavy atom. The first kappa shape index (κ1) is 21.5. The molecule has 0 atom stereocenters. The van der Waals surface area contributed by atoms with E-state index in [1.807, 2.05) is 24.3 Å². The molecule has 0 spiro atoms. The van der Waals surface area contributed by atoms with Crippen LogP contribution in [0.25, 0.3) is 0 Å². The van der Waals surface area contributed by atoms with Crippen molar-refractivity contribution in [1.82, 2.24) is 10.2 Å². The average Bonchev–Trinajstić information content (AvgIpc) is 3.35. The number of furan rings is 1. The third kappa shape index (κ3) is 4.94. The van der Waals surface area contributed by atoms with Crippen molar-refractivity contribution in [1.29, 1.82) is 0 Å². The van der Waals surface area contributed by atoms with Crippen LogP contribution >= 0.6 is 12.2 Å². The zero-order valence-corrected chi connectivity index (χ0v) is 17.9. The van der Waals surface area contributed by atoms with Gasteiger partial charge in [0.2, 0.25) is 0 Å². The molecule has 32 heavy (non-hydrogen) atoms. The lowest BCUT2D eigenvalue weighted by Gasteiger charge is -2.36. The van der Waals surface area contributed by atoms with Gasteiger partial charge in [0, 0.05) is 37.6 Å². The zero-order valence-electron chi connectivity index (χ0n) is 17.1. The zero-order chi connectivity index (χ0) is 22.5. The lowest BCUT2D eigenvalue weighted by atomic mass is 10.1. The Hall–Kier alpha value is -3.72. The van der Waals surface area contributed by atoms with Crippen LogP contribution in [0.1, 0.15) is 20.9 Å². The summed E-state index contributed by atoms with van der Waals surface area (Å²) in [6, 6.07) is 16.8. The first-order valence-corrected chi connectivity index (χ1v) is 10.5. The fourth-order valence-corrected chi connectivity index (χ4v) is 3.67. The van der Waals surface area contributed by atoms with Gasteiger partial charge < -0.3 is 19.5 Å². The first-order valence-electron chi connectivity index (χ1n) is 10.1. The topological polar surface area (TPSA) is 77.8 Å². The summed E-state index contributed by atoms with van der Waals surface area (Å²) in [5.74, 6) is -1.03. The molecule has 0 aliphatic carbocycles. The third-order valence-corrected chi connectivity index (χ3v) is 5.34. The highest BCUT2D eigenvalue weighted by atomic mass is 32.1. The quantitative estimate of drug-likeness (QED) is 0.590. The Bertz CT molecular complexity index is 1110. The van der Waals surface area contributed by atoms with Crippen molar-refractivity contribution in [2.24, 2.45) is 0 Å². The van der Waals surface area contributed by atoms with E-state index in [4.69, 9.17) is 16.6 Å². The van der Waals surface area contributed by atoms with E-state index < -0.39 is 11.7 Å². The monoisotopic (exact) mass is 452 g/mol. The molecule has 9 heteroatoms. The van der Waals surface area contributed by atoms with Crippen LogP contribution in [0.15, 0.2) is 71.3 Å². The van der Waals surface area contributed by atoms with E-state index in [-0.39, 0.29) is 22.3 Å². The summed E-state index contributed by atoms with van der Waals surface area (Å²) in [4.78, 5) is 28.4. The van der Waals surface area contributed by atoms with Crippen molar-refractivity contribution >= 4 is 40.5 Å². The number of anilines is 2. The average molecular weight is 453 g/mol. The summed E-state index contributed by atoms with van der Waals surface area (Å²) < 4.78 is 18.9. The summed E-state index contributed by atoms with van der Waals surface area (Å²) in [5.41, 5.74) is 1.83. The van der Waals surface area contributed by atoms with Crippen LogP contribution in [-0.2, 0) is 0 Å². The van der Waals surface area contributed by atoms with Gasteiger partial charge >= 0.3 is 0 Å². The number of carbonyl (C=O) groups excluding carboxylic acids is 2. The van der Waals surface area contributed by atoms with E-state index in [1.54, 1.807) is 29.2 Å². The van der Waals surface area contributed by atoms with E-state index in [1.165, 1.54) is 18.4 Å². The van der Waals surface area contributed by atoms with Gasteiger partial charge in [-0.3, -0.25) is 14.9 Å². The van der Waals surface area contributed by atoms with Gasteiger partial charge in [0.1, 0.15) is 5.82 Å². The first-order chi connectivity index (χ1) is 15.5. The molecular formula is C23H21FN4O3S. The summed E-state index contributed by atoms with van der Waals surface area (Å²) in [7, 11) is 0. The highest BCUT2D eigenvalue weighted by Crippen LogP contribution is 2.20. The number of rotatable bonds is 4. The second-order valence-corrected chi connectivity index (χ2v) is 7.60. The maximum absolute atomic E-state index is 13.9. The maximum Gasteiger partial charge on any atom is 0.293 e. The highest BCUT2D eigenvalue weighted by Gasteiger charge is 2.24. The molecule has 7 nitrogen and oxygen atoms in total. The van der Waals surface area contributed by atoms with Gasteiger partial charge in [0.05, 0.1) is 11.8 Å². The number of halogens is 1. The molecule has 1 aliphatic heterocycles. The van der Waals surface area contributed by atoms with Gasteiger partial charge in [-0.05, 0) is 60.7 Å². The van der Waals surface area contributed by atoms with E-state index in [2.05, 4.69) is 15.5 Å². The van der Waals surface area contributed by atoms with Crippen LogP contribution in [0, 0.1) is 5.82 Å². The van der Waals surface area contributed by atoms with Crippen molar-refractivity contribution in [3.8, 4) is 0 Å². The predicted molar refractivity (Wildman–Crippen MR) is 123 cm³/mol. The van der Waals surface area contributed by atoms with Gasteiger partial charge in [-0.15, -0.1) is 0 Å². The Labute approximate surface area is 189 Å². The molecule has 0 unspecified atom stereocenters. The molecule has 2 aromatic carbocycles. The fraction of sp³-hybridized carbons (Fsp3) is 0.174. The van der Waals surface area contributed by atoms with Crippen molar-refractivity contribution in [3.05, 3.63) is 84.1 Å². The van der Waals surface area contributed by atoms with Crippen molar-refractivity contribution in [3.63, 3.8) is 0 Å². The molecule has 1 saturated heterocycles. The lowest BCUT2D eigenvalue weighted by Crippen LogP contribution is -2.49. The van der Waals surface area contributed by atoms with Gasteiger partial charge in [-0.1, -0.05) is 12.1 Å². The van der Waals surface area contributed by atoms with E-state index >= 15 is 0 Å². The Morgan fingerprint density at radius 2 is 1.66 bits per heavy atom. The number of amides is 2. The summed E-state index contributed by atoms with van der Waals surface area (Å²) in [6.45, 7) is 2.31. The SMILES string of the molecule is O=C(NC(=S)Nc1ccc(N2CCN(C(=O)c3ccccc3F)CC2)cc1)c1ccco1. The van der Waals surface area contributed by atoms with Crippen LogP contribution in [-0.4, -0.2) is 48.0 Å². The van der Waals surface area contributed by atoms with Crippen LogP contribution < -0.4 is 15.5 Å². The van der Waals surface area contributed by atoms with Gasteiger partial charge in [0.15, 0.2) is 10.9 Å². The lowest BCUT2D eigenvalue weighted by molar-refractivity contribution is 0.0742. The minimum atomic E-state index is -0.499. The smallest absolute Gasteiger partial charge is 0.293 e.